The fourth-order valence-corrected chi connectivity index (χ4v) is 2.06. The maximum atomic E-state index is 12.4. The summed E-state index contributed by atoms with van der Waals surface area (Å²) in [5.74, 6) is -0.675. The van der Waals surface area contributed by atoms with E-state index in [1.807, 2.05) is 20.8 Å². The molecule has 0 spiro atoms. The number of ether oxygens (including phenoxy) is 1. The van der Waals surface area contributed by atoms with E-state index in [1.165, 1.54) is 23.1 Å². The van der Waals surface area contributed by atoms with Crippen LogP contribution in [0.4, 0.5) is 8.78 Å². The van der Waals surface area contributed by atoms with Crippen molar-refractivity contribution in [2.45, 2.75) is 39.8 Å². The number of likely N-dealkylation sites (N-methyl/N-ethyl adjacent to an activating group) is 1. The minimum atomic E-state index is -2.95. The van der Waals surface area contributed by atoms with Gasteiger partial charge in [0.05, 0.1) is 6.54 Å². The average Bonchev–Trinajstić information content (AvgIpc) is 2.49. The molecule has 0 saturated heterocycles. The summed E-state index contributed by atoms with van der Waals surface area (Å²) in [6, 6.07) is 6.16. The lowest BCUT2D eigenvalue weighted by molar-refractivity contribution is -0.132. The average molecular weight is 354 g/mol. The van der Waals surface area contributed by atoms with Crippen molar-refractivity contribution < 1.29 is 23.1 Å². The highest BCUT2D eigenvalue weighted by Crippen LogP contribution is 2.21. The Morgan fingerprint density at radius 2 is 1.92 bits per heavy atom. The van der Waals surface area contributed by atoms with Crippen LogP contribution in [-0.2, 0) is 9.59 Å². The molecule has 1 rings (SSSR count). The zero-order valence-corrected chi connectivity index (χ0v) is 14.9. The molecule has 0 aliphatic carbocycles. The van der Waals surface area contributed by atoms with Gasteiger partial charge in [-0.1, -0.05) is 18.2 Å². The summed E-state index contributed by atoms with van der Waals surface area (Å²) in [6.07, 6.45) is 2.63. The highest BCUT2D eigenvalue weighted by molar-refractivity contribution is 5.94. The van der Waals surface area contributed by atoms with Crippen LogP contribution in [0.1, 0.15) is 33.3 Å². The summed E-state index contributed by atoms with van der Waals surface area (Å²) in [6.45, 7) is 4.62. The first-order valence-electron chi connectivity index (χ1n) is 7.94. The molecule has 1 aromatic carbocycles. The van der Waals surface area contributed by atoms with Gasteiger partial charge in [-0.2, -0.15) is 8.78 Å². The maximum absolute atomic E-state index is 12.4. The largest absolute Gasteiger partial charge is 0.434 e. The molecule has 1 aromatic rings. The van der Waals surface area contributed by atoms with Crippen molar-refractivity contribution in [2.24, 2.45) is 0 Å². The Balaban J connectivity index is 2.79. The fraction of sp³-hybridized carbons (Fsp3) is 0.444. The van der Waals surface area contributed by atoms with Gasteiger partial charge < -0.3 is 15.0 Å². The smallest absolute Gasteiger partial charge is 0.387 e. The number of amides is 2. The van der Waals surface area contributed by atoms with Crippen molar-refractivity contribution in [2.75, 3.05) is 13.1 Å². The monoisotopic (exact) mass is 354 g/mol. The van der Waals surface area contributed by atoms with E-state index in [2.05, 4.69) is 10.1 Å². The minimum absolute atomic E-state index is 0.0184. The summed E-state index contributed by atoms with van der Waals surface area (Å²) in [5, 5.41) is 2.78. The highest BCUT2D eigenvalue weighted by atomic mass is 19.3. The van der Waals surface area contributed by atoms with Gasteiger partial charge in [0.15, 0.2) is 0 Å². The van der Waals surface area contributed by atoms with Gasteiger partial charge in [-0.05, 0) is 39.8 Å². The molecule has 7 heteroatoms. The Bertz CT molecular complexity index is 625. The van der Waals surface area contributed by atoms with E-state index in [0.717, 1.165) is 0 Å². The lowest BCUT2D eigenvalue weighted by Gasteiger charge is -2.24. The third-order valence-corrected chi connectivity index (χ3v) is 3.08. The van der Waals surface area contributed by atoms with Gasteiger partial charge >= 0.3 is 6.61 Å². The molecule has 5 nitrogen and oxygen atoms in total. The van der Waals surface area contributed by atoms with Crippen molar-refractivity contribution in [1.29, 1.82) is 0 Å². The van der Waals surface area contributed by atoms with E-state index in [-0.39, 0.29) is 23.7 Å². The number of nitrogens with zero attached hydrogens (tertiary/aromatic N) is 1. The highest BCUT2D eigenvalue weighted by Gasteiger charge is 2.18. The van der Waals surface area contributed by atoms with E-state index in [1.54, 1.807) is 25.1 Å². The van der Waals surface area contributed by atoms with Crippen LogP contribution in [0.2, 0.25) is 0 Å². The SMILES string of the molecule is CCN(CC(=O)NC(C)(C)C)C(=O)/C=C/c1ccccc1OC(F)F. The lowest BCUT2D eigenvalue weighted by Crippen LogP contribution is -2.47. The number of rotatable bonds is 7. The second-order valence-corrected chi connectivity index (χ2v) is 6.40. The number of hydrogen-bond acceptors (Lipinski definition) is 3. The number of carbonyl (C=O) groups excluding carboxylic acids is 2. The molecule has 0 heterocycles. The molecule has 0 aliphatic rings. The predicted molar refractivity (Wildman–Crippen MR) is 92.3 cm³/mol. The van der Waals surface area contributed by atoms with Crippen LogP contribution in [0, 0.1) is 0 Å². The Hall–Kier alpha value is -2.44. The summed E-state index contributed by atoms with van der Waals surface area (Å²) >= 11 is 0. The fourth-order valence-electron chi connectivity index (χ4n) is 2.06. The van der Waals surface area contributed by atoms with Gasteiger partial charge in [0.2, 0.25) is 11.8 Å². The van der Waals surface area contributed by atoms with E-state index in [9.17, 15) is 18.4 Å². The van der Waals surface area contributed by atoms with Gasteiger partial charge in [-0.15, -0.1) is 0 Å². The first-order valence-corrected chi connectivity index (χ1v) is 7.94. The Morgan fingerprint density at radius 1 is 1.28 bits per heavy atom. The van der Waals surface area contributed by atoms with Crippen molar-refractivity contribution >= 4 is 17.9 Å². The Morgan fingerprint density at radius 3 is 2.48 bits per heavy atom. The van der Waals surface area contributed by atoms with E-state index in [0.29, 0.717) is 12.1 Å². The molecule has 0 fully saturated rings. The quantitative estimate of drug-likeness (QED) is 0.766. The van der Waals surface area contributed by atoms with E-state index in [4.69, 9.17) is 0 Å². The van der Waals surface area contributed by atoms with Gasteiger partial charge in [0.25, 0.3) is 0 Å². The minimum Gasteiger partial charge on any atom is -0.434 e. The molecule has 0 aromatic heterocycles. The van der Waals surface area contributed by atoms with Crippen molar-refractivity contribution in [1.82, 2.24) is 10.2 Å². The third kappa shape index (κ3) is 7.78. The first-order chi connectivity index (χ1) is 11.6. The number of carbonyl (C=O) groups is 2. The van der Waals surface area contributed by atoms with Crippen molar-refractivity contribution in [3.63, 3.8) is 0 Å². The molecule has 2 amide bonds. The molecule has 25 heavy (non-hydrogen) atoms. The summed E-state index contributed by atoms with van der Waals surface area (Å²) in [7, 11) is 0. The number of halogens is 2. The molecule has 138 valence electrons. The normalized spacial score (nSPS) is 11.6. The first kappa shape index (κ1) is 20.6. The maximum Gasteiger partial charge on any atom is 0.387 e. The zero-order chi connectivity index (χ0) is 19.0. The Labute approximate surface area is 146 Å². The second kappa shape index (κ2) is 9.15. The van der Waals surface area contributed by atoms with Gasteiger partial charge in [-0.25, -0.2) is 0 Å². The molecule has 1 N–H and O–H groups in total. The molecule has 0 atom stereocenters. The lowest BCUT2D eigenvalue weighted by atomic mass is 10.1. The molecule has 0 saturated carbocycles. The topological polar surface area (TPSA) is 58.6 Å². The van der Waals surface area contributed by atoms with E-state index >= 15 is 0 Å². The number of benzene rings is 1. The molecular formula is C18H24F2N2O3. The van der Waals surface area contributed by atoms with Gasteiger partial charge in [0.1, 0.15) is 5.75 Å². The third-order valence-electron chi connectivity index (χ3n) is 3.08. The van der Waals surface area contributed by atoms with Crippen molar-refractivity contribution in [3.05, 3.63) is 35.9 Å². The zero-order valence-electron chi connectivity index (χ0n) is 14.9. The van der Waals surface area contributed by atoms with E-state index < -0.39 is 12.5 Å². The number of alkyl halides is 2. The molecule has 0 radical (unpaired) electrons. The molecule has 0 bridgehead atoms. The molecule has 0 unspecified atom stereocenters. The number of nitrogens with one attached hydrogen (secondary N) is 1. The van der Waals surface area contributed by atoms with Gasteiger partial charge in [0, 0.05) is 23.7 Å². The Kier molecular flexibility index (Phi) is 7.54. The summed E-state index contributed by atoms with van der Waals surface area (Å²) < 4.78 is 29.2. The van der Waals surface area contributed by atoms with Gasteiger partial charge in [-0.3, -0.25) is 9.59 Å². The van der Waals surface area contributed by atoms with Crippen molar-refractivity contribution in [3.8, 4) is 5.75 Å². The summed E-state index contributed by atoms with van der Waals surface area (Å²) in [4.78, 5) is 25.6. The molecular weight excluding hydrogens is 330 g/mol. The summed E-state index contributed by atoms with van der Waals surface area (Å²) in [5.41, 5.74) is -0.0349. The van der Waals surface area contributed by atoms with Crippen LogP contribution in [0.3, 0.4) is 0 Å². The standard InChI is InChI=1S/C18H24F2N2O3/c1-5-22(12-15(23)21-18(2,3)4)16(24)11-10-13-8-6-7-9-14(13)25-17(19)20/h6-11,17H,5,12H2,1-4H3,(H,21,23)/b11-10+. The predicted octanol–water partition coefficient (Wildman–Crippen LogP) is 3.06. The van der Waals surface area contributed by atoms with Crippen LogP contribution >= 0.6 is 0 Å². The van der Waals surface area contributed by atoms with Crippen LogP contribution in [0.25, 0.3) is 6.08 Å². The van der Waals surface area contributed by atoms with Crippen LogP contribution in [-0.4, -0.2) is 42.0 Å². The number of para-hydroxylation sites is 1. The second-order valence-electron chi connectivity index (χ2n) is 6.40. The number of hydrogen-bond donors (Lipinski definition) is 1. The molecule has 0 aliphatic heterocycles. The van der Waals surface area contributed by atoms with Crippen LogP contribution < -0.4 is 10.1 Å². The van der Waals surface area contributed by atoms with Crippen LogP contribution in [0.15, 0.2) is 30.3 Å². The van der Waals surface area contributed by atoms with Crippen LogP contribution in [0.5, 0.6) is 5.75 Å².